The number of hydrogen-bond donors (Lipinski definition) is 1. The molecule has 1 aliphatic heterocycles. The number of carbonyl (C=O) groups is 1. The Balaban J connectivity index is 1.71. The van der Waals surface area contributed by atoms with E-state index >= 15 is 0 Å². The summed E-state index contributed by atoms with van der Waals surface area (Å²) in [6.45, 7) is 8.02. The molecule has 0 aliphatic carbocycles. The number of likely N-dealkylation sites (tertiary alicyclic amines) is 1. The van der Waals surface area contributed by atoms with E-state index in [1.165, 1.54) is 5.56 Å². The van der Waals surface area contributed by atoms with Gasteiger partial charge in [0.2, 0.25) is 5.91 Å². The van der Waals surface area contributed by atoms with Gasteiger partial charge in [-0.3, -0.25) is 9.69 Å². The number of likely N-dealkylation sites (N-methyl/N-ethyl adjacent to an activating group) is 1. The number of amides is 1. The lowest BCUT2D eigenvalue weighted by Crippen LogP contribution is -2.53. The second-order valence-electron chi connectivity index (χ2n) is 7.05. The molecule has 0 saturated carbocycles. The van der Waals surface area contributed by atoms with Crippen molar-refractivity contribution in [1.82, 2.24) is 9.80 Å². The minimum atomic E-state index is 0.0181. The van der Waals surface area contributed by atoms with Crippen molar-refractivity contribution >= 4 is 5.91 Å². The van der Waals surface area contributed by atoms with Crippen molar-refractivity contribution in [3.05, 3.63) is 29.8 Å². The zero-order chi connectivity index (χ0) is 17.5. The fraction of sp³-hybridized carbons (Fsp3) is 0.632. The molecule has 1 amide bonds. The zero-order valence-electron chi connectivity index (χ0n) is 15.1. The number of aliphatic hydroxyl groups is 1. The van der Waals surface area contributed by atoms with Gasteiger partial charge in [0.15, 0.2) is 0 Å². The molecule has 0 spiro atoms. The van der Waals surface area contributed by atoms with Crippen LogP contribution in [-0.2, 0) is 11.3 Å². The summed E-state index contributed by atoms with van der Waals surface area (Å²) < 4.78 is 5.73. The van der Waals surface area contributed by atoms with Crippen LogP contribution < -0.4 is 4.74 Å². The third-order valence-electron chi connectivity index (χ3n) is 4.41. The number of benzene rings is 1. The van der Waals surface area contributed by atoms with Crippen molar-refractivity contribution < 1.29 is 14.6 Å². The first-order valence-electron chi connectivity index (χ1n) is 8.79. The highest BCUT2D eigenvalue weighted by molar-refractivity contribution is 5.79. The summed E-state index contributed by atoms with van der Waals surface area (Å²) in [5.74, 6) is 1.78. The number of hydrogen-bond acceptors (Lipinski definition) is 4. The number of ether oxygens (including phenoxy) is 1. The van der Waals surface area contributed by atoms with E-state index in [1.807, 2.05) is 12.1 Å². The van der Waals surface area contributed by atoms with Crippen LogP contribution in [0.2, 0.25) is 0 Å². The Morgan fingerprint density at radius 2 is 2.00 bits per heavy atom. The van der Waals surface area contributed by atoms with Gasteiger partial charge in [-0.15, -0.1) is 0 Å². The predicted molar refractivity (Wildman–Crippen MR) is 94.9 cm³/mol. The fourth-order valence-electron chi connectivity index (χ4n) is 2.79. The molecular weight excluding hydrogens is 304 g/mol. The van der Waals surface area contributed by atoms with Gasteiger partial charge in [-0.1, -0.05) is 26.0 Å². The Hall–Kier alpha value is -1.59. The predicted octanol–water partition coefficient (Wildman–Crippen LogP) is 1.99. The Morgan fingerprint density at radius 3 is 2.58 bits per heavy atom. The van der Waals surface area contributed by atoms with Gasteiger partial charge in [-0.05, 0) is 30.0 Å². The number of nitrogens with zero attached hydrogens (tertiary/aromatic N) is 2. The molecule has 24 heavy (non-hydrogen) atoms. The fourth-order valence-corrected chi connectivity index (χ4v) is 2.79. The van der Waals surface area contributed by atoms with Crippen LogP contribution in [0.1, 0.15) is 25.8 Å². The molecular formula is C19H30N2O3. The van der Waals surface area contributed by atoms with Crippen LogP contribution in [-0.4, -0.2) is 60.7 Å². The Bertz CT molecular complexity index is 510. The molecule has 1 aliphatic rings. The Kier molecular flexibility index (Phi) is 7.06. The standard InChI is InChI=1S/C19H30N2O3/c1-15(2)8-11-24-18-6-4-16(5-7-18)12-21-13-17(14-21)19(23)20(3)9-10-22/h4-7,15,17,22H,8-14H2,1-3H3. The molecule has 2 rings (SSSR count). The van der Waals surface area contributed by atoms with Gasteiger partial charge in [0.05, 0.1) is 19.1 Å². The van der Waals surface area contributed by atoms with Crippen molar-refractivity contribution in [3.8, 4) is 5.75 Å². The molecule has 1 N–H and O–H groups in total. The molecule has 0 unspecified atom stereocenters. The summed E-state index contributed by atoms with van der Waals surface area (Å²) in [6, 6.07) is 8.23. The highest BCUT2D eigenvalue weighted by Gasteiger charge is 2.33. The molecule has 0 bridgehead atoms. The van der Waals surface area contributed by atoms with Crippen molar-refractivity contribution in [2.24, 2.45) is 11.8 Å². The molecule has 0 radical (unpaired) electrons. The van der Waals surface area contributed by atoms with Crippen LogP contribution in [0.5, 0.6) is 5.75 Å². The van der Waals surface area contributed by atoms with Gasteiger partial charge in [-0.25, -0.2) is 0 Å². The van der Waals surface area contributed by atoms with Crippen LogP contribution in [0.25, 0.3) is 0 Å². The third-order valence-corrected chi connectivity index (χ3v) is 4.41. The minimum Gasteiger partial charge on any atom is -0.494 e. The SMILES string of the molecule is CC(C)CCOc1ccc(CN2CC(C(=O)N(C)CCO)C2)cc1. The molecule has 5 nitrogen and oxygen atoms in total. The lowest BCUT2D eigenvalue weighted by Gasteiger charge is -2.39. The normalized spacial score (nSPS) is 15.4. The average molecular weight is 334 g/mol. The van der Waals surface area contributed by atoms with E-state index in [2.05, 4.69) is 30.9 Å². The molecule has 0 aromatic heterocycles. The van der Waals surface area contributed by atoms with Gasteiger partial charge in [-0.2, -0.15) is 0 Å². The first kappa shape index (κ1) is 18.7. The van der Waals surface area contributed by atoms with Gasteiger partial charge in [0.25, 0.3) is 0 Å². The van der Waals surface area contributed by atoms with Crippen molar-refractivity contribution in [1.29, 1.82) is 0 Å². The van der Waals surface area contributed by atoms with E-state index in [9.17, 15) is 4.79 Å². The first-order valence-corrected chi connectivity index (χ1v) is 8.79. The van der Waals surface area contributed by atoms with Crippen LogP contribution in [0, 0.1) is 11.8 Å². The van der Waals surface area contributed by atoms with Crippen LogP contribution in [0.4, 0.5) is 0 Å². The minimum absolute atomic E-state index is 0.0181. The van der Waals surface area contributed by atoms with Crippen molar-refractivity contribution in [3.63, 3.8) is 0 Å². The zero-order valence-corrected chi connectivity index (χ0v) is 15.1. The lowest BCUT2D eigenvalue weighted by atomic mass is 9.97. The summed E-state index contributed by atoms with van der Waals surface area (Å²) in [4.78, 5) is 16.0. The summed E-state index contributed by atoms with van der Waals surface area (Å²) in [5.41, 5.74) is 1.24. The number of carbonyl (C=O) groups excluding carboxylic acids is 1. The van der Waals surface area contributed by atoms with Crippen molar-refractivity contribution in [2.75, 3.05) is 39.9 Å². The van der Waals surface area contributed by atoms with Crippen LogP contribution >= 0.6 is 0 Å². The molecule has 1 fully saturated rings. The molecule has 0 atom stereocenters. The van der Waals surface area contributed by atoms with Gasteiger partial charge >= 0.3 is 0 Å². The van der Waals surface area contributed by atoms with E-state index in [0.29, 0.717) is 12.5 Å². The first-order chi connectivity index (χ1) is 11.5. The maximum atomic E-state index is 12.1. The largest absolute Gasteiger partial charge is 0.494 e. The highest BCUT2D eigenvalue weighted by Crippen LogP contribution is 2.21. The molecule has 134 valence electrons. The summed E-state index contributed by atoms with van der Waals surface area (Å²) in [5, 5.41) is 8.89. The second kappa shape index (κ2) is 9.04. The molecule has 5 heteroatoms. The highest BCUT2D eigenvalue weighted by atomic mass is 16.5. The number of aliphatic hydroxyl groups excluding tert-OH is 1. The topological polar surface area (TPSA) is 53.0 Å². The van der Waals surface area contributed by atoms with Gasteiger partial charge in [0, 0.05) is 33.2 Å². The monoisotopic (exact) mass is 334 g/mol. The van der Waals surface area contributed by atoms with E-state index in [0.717, 1.165) is 38.4 Å². The molecule has 1 aromatic carbocycles. The van der Waals surface area contributed by atoms with Crippen LogP contribution in [0.15, 0.2) is 24.3 Å². The maximum Gasteiger partial charge on any atom is 0.228 e. The van der Waals surface area contributed by atoms with Crippen molar-refractivity contribution in [2.45, 2.75) is 26.8 Å². The quantitative estimate of drug-likeness (QED) is 0.750. The molecule has 1 saturated heterocycles. The summed E-state index contributed by atoms with van der Waals surface area (Å²) in [7, 11) is 1.75. The molecule has 1 heterocycles. The van der Waals surface area contributed by atoms with Gasteiger partial charge in [0.1, 0.15) is 5.75 Å². The number of rotatable bonds is 9. The van der Waals surface area contributed by atoms with E-state index < -0.39 is 0 Å². The van der Waals surface area contributed by atoms with E-state index in [-0.39, 0.29) is 18.4 Å². The van der Waals surface area contributed by atoms with E-state index in [4.69, 9.17) is 9.84 Å². The molecule has 1 aromatic rings. The summed E-state index contributed by atoms with van der Waals surface area (Å²) in [6.07, 6.45) is 1.07. The average Bonchev–Trinajstić information content (AvgIpc) is 2.51. The smallest absolute Gasteiger partial charge is 0.228 e. The second-order valence-corrected chi connectivity index (χ2v) is 7.05. The Labute approximate surface area is 145 Å². The Morgan fingerprint density at radius 1 is 1.33 bits per heavy atom. The summed E-state index contributed by atoms with van der Waals surface area (Å²) >= 11 is 0. The van der Waals surface area contributed by atoms with E-state index in [1.54, 1.807) is 11.9 Å². The van der Waals surface area contributed by atoms with Gasteiger partial charge < -0.3 is 14.7 Å². The maximum absolute atomic E-state index is 12.1. The third kappa shape index (κ3) is 5.49. The lowest BCUT2D eigenvalue weighted by molar-refractivity contribution is -0.140. The van der Waals surface area contributed by atoms with Crippen LogP contribution in [0.3, 0.4) is 0 Å².